The number of carbonyl (C=O) groups excluding carboxylic acids is 2. The van der Waals surface area contributed by atoms with Gasteiger partial charge in [-0.1, -0.05) is 29.8 Å². The molecule has 2 aromatic rings. The molecule has 2 amide bonds. The van der Waals surface area contributed by atoms with Crippen molar-refractivity contribution in [2.45, 2.75) is 13.0 Å². The molecule has 0 spiro atoms. The Bertz CT molecular complexity index is 677. The highest BCUT2D eigenvalue weighted by Crippen LogP contribution is 2.14. The van der Waals surface area contributed by atoms with Crippen LogP contribution >= 0.6 is 11.6 Å². The molecular formula is C17H18ClN3O2. The molecule has 1 aromatic carbocycles. The maximum Gasteiger partial charge on any atom is 0.311 e. The molecule has 0 unspecified atom stereocenters. The second kappa shape index (κ2) is 8.29. The molecule has 23 heavy (non-hydrogen) atoms. The van der Waals surface area contributed by atoms with E-state index in [1.807, 2.05) is 24.3 Å². The fraction of sp³-hybridized carbons (Fsp3) is 0.235. The lowest BCUT2D eigenvalue weighted by Crippen LogP contribution is -2.41. The number of hydrogen-bond acceptors (Lipinski definition) is 3. The number of carbonyl (C=O) groups is 2. The van der Waals surface area contributed by atoms with Crippen molar-refractivity contribution < 1.29 is 9.59 Å². The highest BCUT2D eigenvalue weighted by molar-refractivity contribution is 6.35. The van der Waals surface area contributed by atoms with E-state index < -0.39 is 11.8 Å². The van der Waals surface area contributed by atoms with E-state index >= 15 is 0 Å². The minimum atomic E-state index is -0.637. The minimum absolute atomic E-state index is 0.225. The summed E-state index contributed by atoms with van der Waals surface area (Å²) in [5.41, 5.74) is 1.84. The Labute approximate surface area is 140 Å². The van der Waals surface area contributed by atoms with Crippen molar-refractivity contribution in [3.05, 3.63) is 64.9 Å². The van der Waals surface area contributed by atoms with Gasteiger partial charge in [-0.3, -0.25) is 14.6 Å². The summed E-state index contributed by atoms with van der Waals surface area (Å²) < 4.78 is 0. The Morgan fingerprint density at radius 1 is 1.17 bits per heavy atom. The topological polar surface area (TPSA) is 62.3 Å². The lowest BCUT2D eigenvalue weighted by molar-refractivity contribution is -0.145. The summed E-state index contributed by atoms with van der Waals surface area (Å²) in [5.74, 6) is -1.20. The van der Waals surface area contributed by atoms with Crippen molar-refractivity contribution in [2.75, 3.05) is 13.6 Å². The number of rotatable bonds is 5. The van der Waals surface area contributed by atoms with Crippen LogP contribution < -0.4 is 5.32 Å². The predicted molar refractivity (Wildman–Crippen MR) is 88.9 cm³/mol. The molecule has 2 rings (SSSR count). The predicted octanol–water partition coefficient (Wildman–Crippen LogP) is 2.05. The summed E-state index contributed by atoms with van der Waals surface area (Å²) in [6, 6.07) is 11.0. The Hall–Kier alpha value is -2.40. The third-order valence-electron chi connectivity index (χ3n) is 3.42. The maximum atomic E-state index is 12.0. The number of amides is 2. The fourth-order valence-corrected chi connectivity index (χ4v) is 2.22. The van der Waals surface area contributed by atoms with Gasteiger partial charge in [-0.25, -0.2) is 0 Å². The van der Waals surface area contributed by atoms with Crippen molar-refractivity contribution in [1.29, 1.82) is 0 Å². The second-order valence-corrected chi connectivity index (χ2v) is 5.51. The van der Waals surface area contributed by atoms with Gasteiger partial charge < -0.3 is 10.2 Å². The van der Waals surface area contributed by atoms with Gasteiger partial charge in [0, 0.05) is 37.6 Å². The summed E-state index contributed by atoms with van der Waals surface area (Å²) in [4.78, 5) is 29.3. The first-order valence-corrected chi connectivity index (χ1v) is 7.61. The third-order valence-corrected chi connectivity index (χ3v) is 3.79. The van der Waals surface area contributed by atoms with Gasteiger partial charge in [0.2, 0.25) is 0 Å². The summed E-state index contributed by atoms with van der Waals surface area (Å²) in [7, 11) is 1.61. The van der Waals surface area contributed by atoms with Crippen LogP contribution in [0.4, 0.5) is 0 Å². The Morgan fingerprint density at radius 2 is 1.87 bits per heavy atom. The summed E-state index contributed by atoms with van der Waals surface area (Å²) in [6.45, 7) is 0.685. The van der Waals surface area contributed by atoms with Gasteiger partial charge in [-0.2, -0.15) is 0 Å². The van der Waals surface area contributed by atoms with Gasteiger partial charge in [0.25, 0.3) is 0 Å². The summed E-state index contributed by atoms with van der Waals surface area (Å²) in [5, 5.41) is 3.16. The van der Waals surface area contributed by atoms with E-state index in [4.69, 9.17) is 11.6 Å². The van der Waals surface area contributed by atoms with Gasteiger partial charge in [-0.05, 0) is 35.7 Å². The molecule has 1 N–H and O–H groups in total. The SMILES string of the molecule is CN(CCc1ccncc1)C(=O)C(=O)NCc1ccccc1Cl. The van der Waals surface area contributed by atoms with E-state index in [2.05, 4.69) is 10.3 Å². The Morgan fingerprint density at radius 3 is 2.57 bits per heavy atom. The number of benzene rings is 1. The van der Waals surface area contributed by atoms with Crippen LogP contribution in [0.1, 0.15) is 11.1 Å². The van der Waals surface area contributed by atoms with Crippen molar-refractivity contribution in [3.8, 4) is 0 Å². The molecule has 0 aliphatic rings. The smallest absolute Gasteiger partial charge is 0.311 e. The highest BCUT2D eigenvalue weighted by Gasteiger charge is 2.18. The molecule has 0 aliphatic heterocycles. The number of hydrogen-bond donors (Lipinski definition) is 1. The van der Waals surface area contributed by atoms with E-state index in [0.29, 0.717) is 18.0 Å². The average Bonchev–Trinajstić information content (AvgIpc) is 2.59. The molecule has 5 nitrogen and oxygen atoms in total. The number of pyridine rings is 1. The molecule has 0 aliphatic carbocycles. The Balaban J connectivity index is 1.82. The lowest BCUT2D eigenvalue weighted by atomic mass is 10.2. The first-order valence-electron chi connectivity index (χ1n) is 7.23. The van der Waals surface area contributed by atoms with Crippen molar-refractivity contribution in [2.24, 2.45) is 0 Å². The maximum absolute atomic E-state index is 12.0. The number of aromatic nitrogens is 1. The van der Waals surface area contributed by atoms with Crippen LogP contribution in [0.5, 0.6) is 0 Å². The van der Waals surface area contributed by atoms with Crippen LogP contribution in [0.3, 0.4) is 0 Å². The Kier molecular flexibility index (Phi) is 6.11. The number of likely N-dealkylation sites (N-methyl/N-ethyl adjacent to an activating group) is 1. The molecular weight excluding hydrogens is 314 g/mol. The lowest BCUT2D eigenvalue weighted by Gasteiger charge is -2.16. The fourth-order valence-electron chi connectivity index (χ4n) is 2.01. The molecule has 1 heterocycles. The van der Waals surface area contributed by atoms with Gasteiger partial charge in [-0.15, -0.1) is 0 Å². The second-order valence-electron chi connectivity index (χ2n) is 5.11. The summed E-state index contributed by atoms with van der Waals surface area (Å²) >= 11 is 6.02. The number of nitrogens with zero attached hydrogens (tertiary/aromatic N) is 2. The van der Waals surface area contributed by atoms with Crippen LogP contribution in [0.15, 0.2) is 48.8 Å². The van der Waals surface area contributed by atoms with E-state index in [-0.39, 0.29) is 6.54 Å². The van der Waals surface area contributed by atoms with Crippen LogP contribution in [0, 0.1) is 0 Å². The zero-order valence-electron chi connectivity index (χ0n) is 12.8. The van der Waals surface area contributed by atoms with Gasteiger partial charge in [0.1, 0.15) is 0 Å². The molecule has 0 saturated carbocycles. The van der Waals surface area contributed by atoms with E-state index in [9.17, 15) is 9.59 Å². The van der Waals surface area contributed by atoms with E-state index in [1.165, 1.54) is 4.90 Å². The zero-order chi connectivity index (χ0) is 16.7. The standard InChI is InChI=1S/C17H18ClN3O2/c1-21(11-8-13-6-9-19-10-7-13)17(23)16(22)20-12-14-4-2-3-5-15(14)18/h2-7,9-10H,8,11-12H2,1H3,(H,20,22). The van der Waals surface area contributed by atoms with Crippen molar-refractivity contribution in [1.82, 2.24) is 15.2 Å². The molecule has 0 radical (unpaired) electrons. The van der Waals surface area contributed by atoms with Crippen LogP contribution in [0.25, 0.3) is 0 Å². The summed E-state index contributed by atoms with van der Waals surface area (Å²) in [6.07, 6.45) is 4.07. The van der Waals surface area contributed by atoms with Crippen LogP contribution in [-0.2, 0) is 22.6 Å². The molecule has 0 bridgehead atoms. The first kappa shape index (κ1) is 17.0. The zero-order valence-corrected chi connectivity index (χ0v) is 13.6. The molecule has 6 heteroatoms. The van der Waals surface area contributed by atoms with E-state index in [0.717, 1.165) is 11.1 Å². The largest absolute Gasteiger partial charge is 0.344 e. The van der Waals surface area contributed by atoms with Crippen molar-refractivity contribution >= 4 is 23.4 Å². The average molecular weight is 332 g/mol. The first-order chi connectivity index (χ1) is 11.1. The van der Waals surface area contributed by atoms with Crippen LogP contribution in [0.2, 0.25) is 5.02 Å². The molecule has 120 valence electrons. The number of nitrogens with one attached hydrogen (secondary N) is 1. The quantitative estimate of drug-likeness (QED) is 0.853. The minimum Gasteiger partial charge on any atom is -0.344 e. The van der Waals surface area contributed by atoms with Gasteiger partial charge in [0.05, 0.1) is 0 Å². The van der Waals surface area contributed by atoms with Gasteiger partial charge in [0.15, 0.2) is 0 Å². The monoisotopic (exact) mass is 331 g/mol. The molecule has 0 fully saturated rings. The molecule has 0 atom stereocenters. The number of halogens is 1. The normalized spacial score (nSPS) is 10.2. The van der Waals surface area contributed by atoms with Gasteiger partial charge >= 0.3 is 11.8 Å². The molecule has 1 aromatic heterocycles. The third kappa shape index (κ3) is 5.07. The van der Waals surface area contributed by atoms with Crippen molar-refractivity contribution in [3.63, 3.8) is 0 Å². The van der Waals surface area contributed by atoms with Crippen LogP contribution in [-0.4, -0.2) is 35.3 Å². The van der Waals surface area contributed by atoms with E-state index in [1.54, 1.807) is 31.6 Å². The highest BCUT2D eigenvalue weighted by atomic mass is 35.5. The molecule has 0 saturated heterocycles.